The van der Waals surface area contributed by atoms with Crippen LogP contribution < -0.4 is 0 Å². The number of allylic oxidation sites excluding steroid dienone is 2. The molecule has 0 heterocycles. The lowest BCUT2D eigenvalue weighted by molar-refractivity contribution is 0.0893. The summed E-state index contributed by atoms with van der Waals surface area (Å²) in [6, 6.07) is 9.70. The van der Waals surface area contributed by atoms with Crippen LogP contribution in [0.25, 0.3) is 0 Å². The second-order valence-corrected chi connectivity index (χ2v) is 4.55. The molecule has 15 heavy (non-hydrogen) atoms. The highest BCUT2D eigenvalue weighted by atomic mass is 16.1. The second kappa shape index (κ2) is 3.34. The van der Waals surface area contributed by atoms with Gasteiger partial charge in [0.05, 0.1) is 0 Å². The van der Waals surface area contributed by atoms with E-state index >= 15 is 0 Å². The lowest BCUT2D eigenvalue weighted by Crippen LogP contribution is -2.19. The van der Waals surface area contributed by atoms with Crippen LogP contribution in [-0.2, 0) is 0 Å². The van der Waals surface area contributed by atoms with E-state index in [1.807, 2.05) is 30.3 Å². The molecule has 2 aliphatic rings. The third-order valence-electron chi connectivity index (χ3n) is 3.72. The largest absolute Gasteiger partial charge is 0.294 e. The minimum Gasteiger partial charge on any atom is -0.294 e. The molecular weight excluding hydrogens is 184 g/mol. The molecule has 1 aromatic carbocycles. The highest BCUT2D eigenvalue weighted by Gasteiger charge is 2.42. The maximum absolute atomic E-state index is 12.3. The van der Waals surface area contributed by atoms with Crippen molar-refractivity contribution in [1.82, 2.24) is 0 Å². The summed E-state index contributed by atoms with van der Waals surface area (Å²) in [4.78, 5) is 12.3. The Morgan fingerprint density at radius 2 is 1.60 bits per heavy atom. The molecule has 2 bridgehead atoms. The molecule has 2 unspecified atom stereocenters. The summed E-state index contributed by atoms with van der Waals surface area (Å²) in [6.07, 6.45) is 6.87. The number of fused-ring (bicyclic) bond motifs is 2. The molecule has 0 saturated heterocycles. The molecule has 0 aromatic heterocycles. The normalized spacial score (nSPS) is 32.1. The fourth-order valence-corrected chi connectivity index (χ4v) is 2.96. The minimum atomic E-state index is 0.243. The van der Waals surface area contributed by atoms with Crippen LogP contribution in [0.15, 0.2) is 42.5 Å². The van der Waals surface area contributed by atoms with Crippen LogP contribution in [0.1, 0.15) is 23.2 Å². The molecular formula is C14H14O. The van der Waals surface area contributed by atoms with Crippen molar-refractivity contribution in [1.29, 1.82) is 0 Å². The molecule has 76 valence electrons. The first kappa shape index (κ1) is 8.90. The van der Waals surface area contributed by atoms with Gasteiger partial charge >= 0.3 is 0 Å². The monoisotopic (exact) mass is 198 g/mol. The van der Waals surface area contributed by atoms with Crippen LogP contribution in [0.4, 0.5) is 0 Å². The second-order valence-electron chi connectivity index (χ2n) is 4.55. The molecule has 1 heteroatoms. The predicted octanol–water partition coefficient (Wildman–Crippen LogP) is 3.08. The number of hydrogen-bond acceptors (Lipinski definition) is 1. The van der Waals surface area contributed by atoms with Crippen LogP contribution in [0, 0.1) is 17.8 Å². The summed E-state index contributed by atoms with van der Waals surface area (Å²) in [5, 5.41) is 0. The van der Waals surface area contributed by atoms with Crippen molar-refractivity contribution >= 4 is 5.78 Å². The fourth-order valence-electron chi connectivity index (χ4n) is 2.96. The summed E-state index contributed by atoms with van der Waals surface area (Å²) in [5.74, 6) is 1.62. The van der Waals surface area contributed by atoms with Crippen LogP contribution in [-0.4, -0.2) is 5.78 Å². The van der Waals surface area contributed by atoms with Gasteiger partial charge in [-0.3, -0.25) is 4.79 Å². The van der Waals surface area contributed by atoms with E-state index in [4.69, 9.17) is 0 Å². The number of hydrogen-bond donors (Lipinski definition) is 0. The Kier molecular flexibility index (Phi) is 1.98. The summed E-state index contributed by atoms with van der Waals surface area (Å²) < 4.78 is 0. The van der Waals surface area contributed by atoms with Gasteiger partial charge in [0, 0.05) is 11.5 Å². The van der Waals surface area contributed by atoms with E-state index < -0.39 is 0 Å². The van der Waals surface area contributed by atoms with E-state index in [1.165, 1.54) is 12.8 Å². The van der Waals surface area contributed by atoms with Crippen molar-refractivity contribution < 1.29 is 4.79 Å². The van der Waals surface area contributed by atoms with E-state index in [1.54, 1.807) is 0 Å². The number of ketones is 1. The topological polar surface area (TPSA) is 17.1 Å². The Bertz CT molecular complexity index is 391. The van der Waals surface area contributed by atoms with Gasteiger partial charge in [-0.05, 0) is 24.7 Å². The van der Waals surface area contributed by atoms with Crippen LogP contribution >= 0.6 is 0 Å². The van der Waals surface area contributed by atoms with Gasteiger partial charge in [-0.1, -0.05) is 42.5 Å². The third-order valence-corrected chi connectivity index (χ3v) is 3.72. The summed E-state index contributed by atoms with van der Waals surface area (Å²) >= 11 is 0. The molecule has 1 aromatic rings. The van der Waals surface area contributed by atoms with Crippen LogP contribution in [0.5, 0.6) is 0 Å². The first-order chi connectivity index (χ1) is 7.36. The van der Waals surface area contributed by atoms with Crippen molar-refractivity contribution in [2.75, 3.05) is 0 Å². The van der Waals surface area contributed by atoms with E-state index in [2.05, 4.69) is 12.2 Å². The van der Waals surface area contributed by atoms with E-state index in [-0.39, 0.29) is 5.92 Å². The molecule has 0 spiro atoms. The lowest BCUT2D eigenvalue weighted by atomic mass is 9.88. The zero-order chi connectivity index (χ0) is 10.3. The molecule has 0 aliphatic heterocycles. The smallest absolute Gasteiger partial charge is 0.167 e. The number of rotatable bonds is 2. The molecule has 0 N–H and O–H groups in total. The zero-order valence-electron chi connectivity index (χ0n) is 8.60. The first-order valence-corrected chi connectivity index (χ1v) is 5.64. The van der Waals surface area contributed by atoms with Crippen LogP contribution in [0.2, 0.25) is 0 Å². The van der Waals surface area contributed by atoms with E-state index in [9.17, 15) is 4.79 Å². The quantitative estimate of drug-likeness (QED) is 0.527. The number of carbonyl (C=O) groups excluding carboxylic acids is 1. The summed E-state index contributed by atoms with van der Waals surface area (Å²) in [7, 11) is 0. The van der Waals surface area contributed by atoms with Gasteiger partial charge in [0.1, 0.15) is 0 Å². The molecule has 3 rings (SSSR count). The average molecular weight is 198 g/mol. The van der Waals surface area contributed by atoms with Gasteiger partial charge in [0.15, 0.2) is 5.78 Å². The maximum atomic E-state index is 12.3. The Labute approximate surface area is 89.8 Å². The van der Waals surface area contributed by atoms with Crippen molar-refractivity contribution in [3.63, 3.8) is 0 Å². The Morgan fingerprint density at radius 1 is 1.00 bits per heavy atom. The third kappa shape index (κ3) is 1.34. The molecule has 2 aliphatic carbocycles. The lowest BCUT2D eigenvalue weighted by Gasteiger charge is -2.14. The summed E-state index contributed by atoms with van der Waals surface area (Å²) in [5.41, 5.74) is 0.878. The number of carbonyl (C=O) groups is 1. The van der Waals surface area contributed by atoms with Crippen molar-refractivity contribution in [3.05, 3.63) is 48.0 Å². The molecule has 1 nitrogen and oxygen atoms in total. The number of Topliss-reactive ketones (excluding diaryl/α,β-unsaturated/α-hetero) is 1. The molecule has 2 atom stereocenters. The molecule has 0 radical (unpaired) electrons. The highest BCUT2D eigenvalue weighted by Crippen LogP contribution is 2.45. The highest BCUT2D eigenvalue weighted by molar-refractivity contribution is 5.99. The maximum Gasteiger partial charge on any atom is 0.167 e. The van der Waals surface area contributed by atoms with E-state index in [0.29, 0.717) is 17.6 Å². The Hall–Kier alpha value is -1.37. The van der Waals surface area contributed by atoms with Gasteiger partial charge in [-0.2, -0.15) is 0 Å². The molecule has 1 saturated carbocycles. The minimum absolute atomic E-state index is 0.243. The van der Waals surface area contributed by atoms with Crippen molar-refractivity contribution in [2.24, 2.45) is 17.8 Å². The Balaban J connectivity index is 1.88. The van der Waals surface area contributed by atoms with Crippen LogP contribution in [0.3, 0.4) is 0 Å². The molecule has 1 fully saturated rings. The molecule has 0 amide bonds. The van der Waals surface area contributed by atoms with Gasteiger partial charge < -0.3 is 0 Å². The standard InChI is InChI=1S/C14H14O/c15-14(12-4-2-1-3-5-12)13-10-6-7-11(13)9-8-10/h1-7,10-11,13H,8-9H2. The van der Waals surface area contributed by atoms with Gasteiger partial charge in [-0.15, -0.1) is 0 Å². The SMILES string of the molecule is O=C(c1ccccc1)C1C2C=CC1CC2. The average Bonchev–Trinajstić information content (AvgIpc) is 2.89. The Morgan fingerprint density at radius 3 is 2.13 bits per heavy atom. The van der Waals surface area contributed by atoms with Crippen molar-refractivity contribution in [2.45, 2.75) is 12.8 Å². The fraction of sp³-hybridized carbons (Fsp3) is 0.357. The van der Waals surface area contributed by atoms with Gasteiger partial charge in [0.25, 0.3) is 0 Å². The van der Waals surface area contributed by atoms with Crippen molar-refractivity contribution in [3.8, 4) is 0 Å². The van der Waals surface area contributed by atoms with Gasteiger partial charge in [-0.25, -0.2) is 0 Å². The van der Waals surface area contributed by atoms with E-state index in [0.717, 1.165) is 5.56 Å². The predicted molar refractivity (Wildman–Crippen MR) is 59.6 cm³/mol. The van der Waals surface area contributed by atoms with Gasteiger partial charge in [0.2, 0.25) is 0 Å². The zero-order valence-corrected chi connectivity index (χ0v) is 8.60. The summed E-state index contributed by atoms with van der Waals surface area (Å²) in [6.45, 7) is 0. The first-order valence-electron chi connectivity index (χ1n) is 5.64. The number of benzene rings is 1.